The van der Waals surface area contributed by atoms with E-state index in [2.05, 4.69) is 15.6 Å². The second-order valence-electron chi connectivity index (χ2n) is 5.53. The number of hydrogen-bond donors (Lipinski definition) is 1. The Kier molecular flexibility index (Phi) is 5.01. The minimum absolute atomic E-state index is 0.220. The second kappa shape index (κ2) is 7.21. The lowest BCUT2D eigenvalue weighted by atomic mass is 10.1. The normalized spacial score (nSPS) is 12.1. The number of hydrogen-bond acceptors (Lipinski definition) is 4. The molecule has 8 heteroatoms. The Balaban J connectivity index is 1.75. The highest BCUT2D eigenvalue weighted by atomic mass is 35.5. The minimum Gasteiger partial charge on any atom is -0.348 e. The first kappa shape index (κ1) is 17.4. The van der Waals surface area contributed by atoms with Gasteiger partial charge >= 0.3 is 0 Å². The Labute approximate surface area is 153 Å². The Morgan fingerprint density at radius 2 is 1.96 bits per heavy atom. The van der Waals surface area contributed by atoms with E-state index < -0.39 is 0 Å². The maximum atomic E-state index is 12.4. The highest BCUT2D eigenvalue weighted by molar-refractivity contribution is 6.42. The summed E-state index contributed by atoms with van der Waals surface area (Å²) in [4.78, 5) is 24.6. The van der Waals surface area contributed by atoms with Crippen molar-refractivity contribution in [1.82, 2.24) is 20.3 Å². The molecule has 3 aromatic rings. The van der Waals surface area contributed by atoms with Gasteiger partial charge in [0.15, 0.2) is 0 Å². The largest absolute Gasteiger partial charge is 0.348 e. The van der Waals surface area contributed by atoms with Gasteiger partial charge in [0.25, 0.3) is 5.56 Å². The number of carbonyl (C=O) groups excluding carboxylic acids is 1. The molecule has 1 aromatic heterocycles. The summed E-state index contributed by atoms with van der Waals surface area (Å²) in [6.45, 7) is 1.59. The van der Waals surface area contributed by atoms with Crippen molar-refractivity contribution >= 4 is 40.0 Å². The molecule has 2 aromatic carbocycles. The third kappa shape index (κ3) is 3.81. The van der Waals surface area contributed by atoms with Crippen LogP contribution in [-0.2, 0) is 11.3 Å². The molecule has 1 atom stereocenters. The van der Waals surface area contributed by atoms with Crippen molar-refractivity contribution in [3.8, 4) is 0 Å². The Morgan fingerprint density at radius 1 is 1.20 bits per heavy atom. The van der Waals surface area contributed by atoms with Gasteiger partial charge in [0, 0.05) is 0 Å². The van der Waals surface area contributed by atoms with Crippen LogP contribution in [0.4, 0.5) is 0 Å². The predicted octanol–water partition coefficient (Wildman–Crippen LogP) is 2.98. The van der Waals surface area contributed by atoms with Crippen LogP contribution in [0.2, 0.25) is 10.0 Å². The number of nitrogens with zero attached hydrogens (tertiary/aromatic N) is 3. The maximum absolute atomic E-state index is 12.4. The standard InChI is InChI=1S/C17H14Cl2N4O2/c1-10(11-6-7-13(18)14(19)8-11)20-16(24)9-23-17(25)12-4-2-3-5-15(12)21-22-23/h2-8,10H,9H2,1H3,(H,20,24)/t10-/m0/s1. The van der Waals surface area contributed by atoms with Crippen molar-refractivity contribution in [2.45, 2.75) is 19.5 Å². The average molecular weight is 377 g/mol. The number of benzene rings is 2. The van der Waals surface area contributed by atoms with E-state index in [-0.39, 0.29) is 24.1 Å². The zero-order chi connectivity index (χ0) is 18.0. The molecular formula is C17H14Cl2N4O2. The van der Waals surface area contributed by atoms with Crippen LogP contribution in [0.1, 0.15) is 18.5 Å². The number of fused-ring (bicyclic) bond motifs is 1. The molecule has 0 saturated heterocycles. The van der Waals surface area contributed by atoms with Gasteiger partial charge in [-0.3, -0.25) is 9.59 Å². The smallest absolute Gasteiger partial charge is 0.278 e. The number of nitrogens with one attached hydrogen (secondary N) is 1. The van der Waals surface area contributed by atoms with Gasteiger partial charge in [-0.1, -0.05) is 46.6 Å². The molecule has 0 aliphatic carbocycles. The monoisotopic (exact) mass is 376 g/mol. The molecule has 0 saturated carbocycles. The van der Waals surface area contributed by atoms with Crippen molar-refractivity contribution in [3.63, 3.8) is 0 Å². The van der Waals surface area contributed by atoms with Gasteiger partial charge < -0.3 is 5.32 Å². The van der Waals surface area contributed by atoms with E-state index in [1.165, 1.54) is 0 Å². The number of aromatic nitrogens is 3. The number of carbonyl (C=O) groups is 1. The van der Waals surface area contributed by atoms with Gasteiger partial charge in [0.2, 0.25) is 5.91 Å². The van der Waals surface area contributed by atoms with Gasteiger partial charge in [-0.15, -0.1) is 5.10 Å². The van der Waals surface area contributed by atoms with E-state index in [9.17, 15) is 9.59 Å². The first-order valence-electron chi connectivity index (χ1n) is 7.52. The van der Waals surface area contributed by atoms with Crippen LogP contribution >= 0.6 is 23.2 Å². The van der Waals surface area contributed by atoms with Crippen molar-refractivity contribution in [2.75, 3.05) is 0 Å². The number of amides is 1. The highest BCUT2D eigenvalue weighted by Crippen LogP contribution is 2.25. The third-order valence-electron chi connectivity index (χ3n) is 3.74. The summed E-state index contributed by atoms with van der Waals surface area (Å²) in [5.41, 5.74) is 0.941. The van der Waals surface area contributed by atoms with Crippen molar-refractivity contribution in [1.29, 1.82) is 0 Å². The number of rotatable bonds is 4. The highest BCUT2D eigenvalue weighted by Gasteiger charge is 2.13. The lowest BCUT2D eigenvalue weighted by molar-refractivity contribution is -0.122. The quantitative estimate of drug-likeness (QED) is 0.759. The fourth-order valence-corrected chi connectivity index (χ4v) is 2.72. The zero-order valence-electron chi connectivity index (χ0n) is 13.2. The van der Waals surface area contributed by atoms with E-state index in [1.54, 1.807) is 42.5 Å². The van der Waals surface area contributed by atoms with Crippen LogP contribution < -0.4 is 10.9 Å². The summed E-state index contributed by atoms with van der Waals surface area (Å²) in [6, 6.07) is 11.7. The first-order chi connectivity index (χ1) is 12.0. The Morgan fingerprint density at radius 3 is 2.72 bits per heavy atom. The fourth-order valence-electron chi connectivity index (χ4n) is 2.42. The van der Waals surface area contributed by atoms with Crippen molar-refractivity contribution in [2.24, 2.45) is 0 Å². The summed E-state index contributed by atoms with van der Waals surface area (Å²) in [5, 5.41) is 11.8. The van der Waals surface area contributed by atoms with Gasteiger partial charge in [0.1, 0.15) is 12.1 Å². The van der Waals surface area contributed by atoms with E-state index in [1.807, 2.05) is 6.92 Å². The van der Waals surface area contributed by atoms with E-state index in [0.29, 0.717) is 20.9 Å². The molecular weight excluding hydrogens is 363 g/mol. The molecule has 25 heavy (non-hydrogen) atoms. The van der Waals surface area contributed by atoms with Gasteiger partial charge in [-0.2, -0.15) is 0 Å². The summed E-state index contributed by atoms with van der Waals surface area (Å²) < 4.78 is 1.04. The minimum atomic E-state index is -0.358. The SMILES string of the molecule is C[C@H](NC(=O)Cn1nnc2ccccc2c1=O)c1ccc(Cl)c(Cl)c1. The maximum Gasteiger partial charge on any atom is 0.278 e. The Bertz CT molecular complexity index is 1000. The molecule has 128 valence electrons. The van der Waals surface area contributed by atoms with Crippen LogP contribution in [0, 0.1) is 0 Å². The lowest BCUT2D eigenvalue weighted by Crippen LogP contribution is -2.35. The molecule has 0 fully saturated rings. The summed E-state index contributed by atoms with van der Waals surface area (Å²) in [7, 11) is 0. The van der Waals surface area contributed by atoms with E-state index >= 15 is 0 Å². The summed E-state index contributed by atoms with van der Waals surface area (Å²) in [6.07, 6.45) is 0. The predicted molar refractivity (Wildman–Crippen MR) is 96.8 cm³/mol. The van der Waals surface area contributed by atoms with Crippen molar-refractivity contribution < 1.29 is 4.79 Å². The molecule has 6 nitrogen and oxygen atoms in total. The van der Waals surface area contributed by atoms with Gasteiger partial charge in [0.05, 0.1) is 21.5 Å². The lowest BCUT2D eigenvalue weighted by Gasteiger charge is -2.15. The van der Waals surface area contributed by atoms with E-state index in [0.717, 1.165) is 10.2 Å². The molecule has 0 radical (unpaired) electrons. The Hall–Kier alpha value is -2.44. The van der Waals surface area contributed by atoms with Crippen LogP contribution in [-0.4, -0.2) is 20.9 Å². The number of halogens is 2. The molecule has 0 aliphatic heterocycles. The molecule has 3 rings (SSSR count). The summed E-state index contributed by atoms with van der Waals surface area (Å²) >= 11 is 11.9. The summed E-state index contributed by atoms with van der Waals surface area (Å²) in [5.74, 6) is -0.356. The average Bonchev–Trinajstić information content (AvgIpc) is 2.60. The van der Waals surface area contributed by atoms with Crippen LogP contribution in [0.5, 0.6) is 0 Å². The molecule has 0 bridgehead atoms. The van der Waals surface area contributed by atoms with E-state index in [4.69, 9.17) is 23.2 Å². The van der Waals surface area contributed by atoms with Crippen LogP contribution in [0.25, 0.3) is 10.9 Å². The molecule has 0 unspecified atom stereocenters. The molecule has 0 spiro atoms. The molecule has 1 amide bonds. The fraction of sp³-hybridized carbons (Fsp3) is 0.176. The molecule has 1 heterocycles. The third-order valence-corrected chi connectivity index (χ3v) is 4.48. The van der Waals surface area contributed by atoms with Crippen molar-refractivity contribution in [3.05, 3.63) is 68.4 Å². The topological polar surface area (TPSA) is 76.9 Å². The van der Waals surface area contributed by atoms with Crippen LogP contribution in [0.15, 0.2) is 47.3 Å². The second-order valence-corrected chi connectivity index (χ2v) is 6.35. The van der Waals surface area contributed by atoms with Crippen LogP contribution in [0.3, 0.4) is 0 Å². The molecule has 1 N–H and O–H groups in total. The van der Waals surface area contributed by atoms with Gasteiger partial charge in [-0.25, -0.2) is 4.68 Å². The van der Waals surface area contributed by atoms with Gasteiger partial charge in [-0.05, 0) is 36.8 Å². The first-order valence-corrected chi connectivity index (χ1v) is 8.28. The molecule has 0 aliphatic rings. The zero-order valence-corrected chi connectivity index (χ0v) is 14.8.